The lowest BCUT2D eigenvalue weighted by atomic mass is 9.92. The smallest absolute Gasteiger partial charge is 0.347 e. The van der Waals surface area contributed by atoms with Crippen LogP contribution in [0.1, 0.15) is 6.42 Å². The first-order valence-electron chi connectivity index (χ1n) is 5.53. The second-order valence-electron chi connectivity index (χ2n) is 4.33. The summed E-state index contributed by atoms with van der Waals surface area (Å²) < 4.78 is 14.1. The number of rotatable bonds is 10. The summed E-state index contributed by atoms with van der Waals surface area (Å²) in [6, 6.07) is 0. The zero-order valence-electron chi connectivity index (χ0n) is 10.7. The molecule has 0 heterocycles. The van der Waals surface area contributed by atoms with Crippen molar-refractivity contribution < 1.29 is 19.7 Å². The van der Waals surface area contributed by atoms with Crippen LogP contribution in [0, 0.1) is 5.41 Å². The first kappa shape index (κ1) is 20.5. The first-order chi connectivity index (χ1) is 8.83. The molecule has 0 spiro atoms. The minimum Gasteiger partial charge on any atom is -0.381 e. The molecule has 0 aliphatic rings. The van der Waals surface area contributed by atoms with Crippen LogP contribution in [0.4, 0.5) is 0 Å². The summed E-state index contributed by atoms with van der Waals surface area (Å²) in [5, 5.41) is 20.4. The highest BCUT2D eigenvalue weighted by molar-refractivity contribution is 9.10. The summed E-state index contributed by atoms with van der Waals surface area (Å²) in [5.41, 5.74) is -0.106. The standard InChI is InChI=1S/C9H20Br3N2O4P/c1-13(7-15)19(17,18)14(8-16)3-2-9(4-10,5-11)6-12/h15-16H,2-8H2,1H3,(H,17,18). The molecule has 0 saturated carbocycles. The predicted octanol–water partition coefficient (Wildman–Crippen LogP) is 1.78. The van der Waals surface area contributed by atoms with Crippen molar-refractivity contribution in [3.8, 4) is 0 Å². The Bertz CT molecular complexity index is 299. The average Bonchev–Trinajstić information content (AvgIpc) is 2.43. The molecule has 0 radical (unpaired) electrons. The van der Waals surface area contributed by atoms with Gasteiger partial charge in [0.05, 0.1) is 0 Å². The number of hydrogen-bond acceptors (Lipinski definition) is 3. The quantitative estimate of drug-likeness (QED) is 0.246. The van der Waals surface area contributed by atoms with Crippen LogP contribution < -0.4 is 0 Å². The Morgan fingerprint density at radius 3 is 1.89 bits per heavy atom. The Morgan fingerprint density at radius 2 is 1.58 bits per heavy atom. The van der Waals surface area contributed by atoms with Gasteiger partial charge in [-0.1, -0.05) is 47.8 Å². The molecule has 19 heavy (non-hydrogen) atoms. The maximum absolute atomic E-state index is 12.1. The second-order valence-corrected chi connectivity index (χ2v) is 8.29. The summed E-state index contributed by atoms with van der Waals surface area (Å²) in [6.45, 7) is -0.844. The zero-order valence-corrected chi connectivity index (χ0v) is 16.3. The summed E-state index contributed by atoms with van der Waals surface area (Å²) in [5.74, 6) is 0. The number of nitrogens with zero attached hydrogens (tertiary/aromatic N) is 2. The molecular weight excluding hydrogens is 471 g/mol. The van der Waals surface area contributed by atoms with Gasteiger partial charge in [0, 0.05) is 28.0 Å². The van der Waals surface area contributed by atoms with Crippen molar-refractivity contribution in [2.75, 3.05) is 43.0 Å². The average molecular weight is 491 g/mol. The van der Waals surface area contributed by atoms with E-state index < -0.39 is 21.1 Å². The van der Waals surface area contributed by atoms with E-state index in [1.165, 1.54) is 7.05 Å². The molecule has 0 saturated heterocycles. The number of alkyl halides is 3. The summed E-state index contributed by atoms with van der Waals surface area (Å²) in [7, 11) is -2.56. The largest absolute Gasteiger partial charge is 0.381 e. The topological polar surface area (TPSA) is 84.2 Å². The van der Waals surface area contributed by atoms with Gasteiger partial charge in [0.25, 0.3) is 0 Å². The van der Waals surface area contributed by atoms with E-state index in [1.807, 2.05) is 0 Å². The molecule has 0 amide bonds. The van der Waals surface area contributed by atoms with Gasteiger partial charge in [-0.2, -0.15) is 9.34 Å². The van der Waals surface area contributed by atoms with Crippen LogP contribution in [0.3, 0.4) is 0 Å². The highest BCUT2D eigenvalue weighted by Crippen LogP contribution is 2.48. The monoisotopic (exact) mass is 488 g/mol. The van der Waals surface area contributed by atoms with Gasteiger partial charge in [-0.3, -0.25) is 4.57 Å². The fourth-order valence-corrected chi connectivity index (χ4v) is 6.00. The molecule has 0 fully saturated rings. The van der Waals surface area contributed by atoms with Gasteiger partial charge in [-0.25, -0.2) is 0 Å². The van der Waals surface area contributed by atoms with Crippen molar-refractivity contribution in [3.63, 3.8) is 0 Å². The number of halogens is 3. The SMILES string of the molecule is CN(CO)P(=O)(O)N(CO)CCC(CBr)(CBr)CBr. The molecule has 0 aromatic heterocycles. The molecule has 116 valence electrons. The third kappa shape index (κ3) is 5.64. The Hall–Kier alpha value is 1.47. The minimum absolute atomic E-state index is 0.106. The lowest BCUT2D eigenvalue weighted by molar-refractivity contribution is 0.121. The molecule has 3 N–H and O–H groups in total. The fourth-order valence-electron chi connectivity index (χ4n) is 1.26. The number of aliphatic hydroxyl groups is 2. The molecule has 10 heteroatoms. The van der Waals surface area contributed by atoms with Crippen LogP contribution in [-0.2, 0) is 4.57 Å². The molecule has 0 bridgehead atoms. The van der Waals surface area contributed by atoms with Crippen molar-refractivity contribution in [1.29, 1.82) is 0 Å². The summed E-state index contributed by atoms with van der Waals surface area (Å²) in [4.78, 5) is 9.91. The van der Waals surface area contributed by atoms with E-state index in [0.29, 0.717) is 6.42 Å². The van der Waals surface area contributed by atoms with E-state index in [-0.39, 0.29) is 12.0 Å². The minimum atomic E-state index is -3.89. The molecular formula is C9H20Br3N2O4P. The van der Waals surface area contributed by atoms with E-state index in [9.17, 15) is 14.6 Å². The van der Waals surface area contributed by atoms with E-state index >= 15 is 0 Å². The molecule has 0 aliphatic carbocycles. The van der Waals surface area contributed by atoms with E-state index in [0.717, 1.165) is 25.3 Å². The number of aliphatic hydroxyl groups excluding tert-OH is 2. The molecule has 0 aromatic rings. The normalized spacial score (nSPS) is 16.1. The van der Waals surface area contributed by atoms with Gasteiger partial charge in [0.2, 0.25) is 0 Å². The fraction of sp³-hybridized carbons (Fsp3) is 1.00. The Balaban J connectivity index is 4.79. The van der Waals surface area contributed by atoms with E-state index in [4.69, 9.17) is 5.11 Å². The third-order valence-corrected chi connectivity index (χ3v) is 8.58. The van der Waals surface area contributed by atoms with Crippen molar-refractivity contribution in [2.24, 2.45) is 5.41 Å². The van der Waals surface area contributed by atoms with Gasteiger partial charge in [-0.05, 0) is 13.5 Å². The maximum Gasteiger partial charge on any atom is 0.347 e. The van der Waals surface area contributed by atoms with E-state index in [2.05, 4.69) is 47.8 Å². The van der Waals surface area contributed by atoms with Gasteiger partial charge in [0.15, 0.2) is 0 Å². The zero-order chi connectivity index (χ0) is 15.1. The Labute approximate surface area is 139 Å². The van der Waals surface area contributed by atoms with Crippen LogP contribution in [0.2, 0.25) is 0 Å². The van der Waals surface area contributed by atoms with Crippen LogP contribution in [-0.4, -0.2) is 67.5 Å². The van der Waals surface area contributed by atoms with E-state index in [1.54, 1.807) is 0 Å². The molecule has 0 rings (SSSR count). The van der Waals surface area contributed by atoms with Crippen LogP contribution >= 0.6 is 55.5 Å². The Morgan fingerprint density at radius 1 is 1.11 bits per heavy atom. The van der Waals surface area contributed by atoms with Crippen molar-refractivity contribution in [2.45, 2.75) is 6.42 Å². The van der Waals surface area contributed by atoms with Crippen molar-refractivity contribution in [3.05, 3.63) is 0 Å². The lowest BCUT2D eigenvalue weighted by Gasteiger charge is -2.34. The summed E-state index contributed by atoms with van der Waals surface area (Å²) in [6.07, 6.45) is 0.610. The molecule has 6 nitrogen and oxygen atoms in total. The highest BCUT2D eigenvalue weighted by atomic mass is 79.9. The van der Waals surface area contributed by atoms with Gasteiger partial charge >= 0.3 is 7.67 Å². The molecule has 1 atom stereocenters. The van der Waals surface area contributed by atoms with Crippen molar-refractivity contribution >= 4 is 55.5 Å². The first-order valence-corrected chi connectivity index (χ1v) is 10.5. The van der Waals surface area contributed by atoms with Crippen LogP contribution in [0.5, 0.6) is 0 Å². The third-order valence-electron chi connectivity index (χ3n) is 2.93. The summed E-state index contributed by atoms with van der Waals surface area (Å²) >= 11 is 10.3. The van der Waals surface area contributed by atoms with Crippen molar-refractivity contribution in [1.82, 2.24) is 9.34 Å². The van der Waals surface area contributed by atoms with Gasteiger partial charge < -0.3 is 15.1 Å². The van der Waals surface area contributed by atoms with Crippen LogP contribution in [0.25, 0.3) is 0 Å². The van der Waals surface area contributed by atoms with Gasteiger partial charge in [-0.15, -0.1) is 0 Å². The predicted molar refractivity (Wildman–Crippen MR) is 86.9 cm³/mol. The molecule has 1 unspecified atom stereocenters. The lowest BCUT2D eigenvalue weighted by Crippen LogP contribution is -2.36. The van der Waals surface area contributed by atoms with Gasteiger partial charge in [0.1, 0.15) is 13.5 Å². The maximum atomic E-state index is 12.1. The van der Waals surface area contributed by atoms with Crippen LogP contribution in [0.15, 0.2) is 0 Å². The highest BCUT2D eigenvalue weighted by Gasteiger charge is 2.35. The second kappa shape index (κ2) is 9.48. The number of hydrogen-bond donors (Lipinski definition) is 3. The molecule has 0 aliphatic heterocycles. The molecule has 0 aromatic carbocycles. The Kier molecular flexibility index (Phi) is 10.2.